The Labute approximate surface area is 235 Å². The fourth-order valence-corrected chi connectivity index (χ4v) is 4.03. The maximum absolute atomic E-state index is 10.4. The summed E-state index contributed by atoms with van der Waals surface area (Å²) in [5.74, 6) is 0.00328. The minimum absolute atomic E-state index is 0.474. The summed E-state index contributed by atoms with van der Waals surface area (Å²) in [6.45, 7) is 9.06. The highest BCUT2D eigenvalue weighted by Gasteiger charge is 2.08. The molecule has 2 aliphatic rings. The van der Waals surface area contributed by atoms with Crippen molar-refractivity contribution in [3.63, 3.8) is 0 Å². The average molecular weight is 533 g/mol. The molecule has 2 aromatic rings. The van der Waals surface area contributed by atoms with E-state index in [0.29, 0.717) is 25.3 Å². The van der Waals surface area contributed by atoms with Gasteiger partial charge in [-0.2, -0.15) is 0 Å². The van der Waals surface area contributed by atoms with Gasteiger partial charge >= 0.3 is 0 Å². The van der Waals surface area contributed by atoms with Gasteiger partial charge in [0.15, 0.2) is 0 Å². The molecule has 212 valence electrons. The van der Waals surface area contributed by atoms with Crippen molar-refractivity contribution in [3.8, 4) is 0 Å². The Balaban J connectivity index is 0.000000289. The predicted octanol–water partition coefficient (Wildman–Crippen LogP) is 5.31. The van der Waals surface area contributed by atoms with Gasteiger partial charge in [0.25, 0.3) is 0 Å². The van der Waals surface area contributed by atoms with Crippen LogP contribution in [0.5, 0.6) is 0 Å². The zero-order chi connectivity index (χ0) is 28.7. The Kier molecular flexibility index (Phi) is 18.5. The monoisotopic (exact) mass is 532 g/mol. The molecule has 1 aliphatic carbocycles. The quantitative estimate of drug-likeness (QED) is 0.259. The van der Waals surface area contributed by atoms with Crippen LogP contribution in [0.3, 0.4) is 0 Å². The van der Waals surface area contributed by atoms with Crippen LogP contribution in [-0.2, 0) is 22.6 Å². The molecular formula is C33H48N4O2. The van der Waals surface area contributed by atoms with Gasteiger partial charge in [-0.15, -0.1) is 0 Å². The molecule has 0 fully saturated rings. The van der Waals surface area contributed by atoms with Crippen LogP contribution in [0.1, 0.15) is 69.1 Å². The molecule has 0 radical (unpaired) electrons. The molecule has 2 atom stereocenters. The molecule has 0 spiro atoms. The van der Waals surface area contributed by atoms with Crippen LogP contribution in [0.15, 0.2) is 90.6 Å². The SMILES string of the molecule is CC.CC(C1=CC=CCC=C1)c1ccccc1.NC(=O)C(N)CCCCNC=O.c1ccc2c(c1)CCNC2. The Morgan fingerprint density at radius 2 is 1.72 bits per heavy atom. The lowest BCUT2D eigenvalue weighted by molar-refractivity contribution is -0.119. The first-order valence-corrected chi connectivity index (χ1v) is 14.1. The zero-order valence-electron chi connectivity index (χ0n) is 23.9. The van der Waals surface area contributed by atoms with E-state index < -0.39 is 11.9 Å². The molecule has 6 N–H and O–H groups in total. The number of benzene rings is 2. The Bertz CT molecular complexity index is 1010. The van der Waals surface area contributed by atoms with Crippen LogP contribution in [0.2, 0.25) is 0 Å². The van der Waals surface area contributed by atoms with E-state index in [0.717, 1.165) is 32.4 Å². The summed E-state index contributed by atoms with van der Waals surface area (Å²) in [4.78, 5) is 20.2. The number of unbranched alkanes of at least 4 members (excludes halogenated alkanes) is 1. The Morgan fingerprint density at radius 1 is 1.03 bits per heavy atom. The molecule has 1 heterocycles. The van der Waals surface area contributed by atoms with Gasteiger partial charge < -0.3 is 22.1 Å². The van der Waals surface area contributed by atoms with Gasteiger partial charge in [-0.1, -0.05) is 106 Å². The molecule has 2 amide bonds. The third kappa shape index (κ3) is 14.3. The van der Waals surface area contributed by atoms with Gasteiger partial charge in [-0.25, -0.2) is 0 Å². The third-order valence-electron chi connectivity index (χ3n) is 6.35. The lowest BCUT2D eigenvalue weighted by Gasteiger charge is -2.15. The highest BCUT2D eigenvalue weighted by atomic mass is 16.1. The van der Waals surface area contributed by atoms with E-state index in [9.17, 15) is 9.59 Å². The lowest BCUT2D eigenvalue weighted by Crippen LogP contribution is -2.36. The second-order valence-electron chi connectivity index (χ2n) is 9.14. The summed E-state index contributed by atoms with van der Waals surface area (Å²) in [7, 11) is 0. The van der Waals surface area contributed by atoms with E-state index in [1.807, 2.05) is 13.8 Å². The summed E-state index contributed by atoms with van der Waals surface area (Å²) in [5.41, 5.74) is 16.1. The maximum atomic E-state index is 10.4. The van der Waals surface area contributed by atoms with E-state index in [-0.39, 0.29) is 0 Å². The van der Waals surface area contributed by atoms with Gasteiger partial charge in [0.1, 0.15) is 0 Å². The number of rotatable bonds is 9. The second kappa shape index (κ2) is 21.5. The first-order chi connectivity index (χ1) is 19.0. The van der Waals surface area contributed by atoms with Crippen molar-refractivity contribution in [1.82, 2.24) is 10.6 Å². The van der Waals surface area contributed by atoms with Crippen LogP contribution in [0.4, 0.5) is 0 Å². The summed E-state index contributed by atoms with van der Waals surface area (Å²) in [6, 6.07) is 18.7. The van der Waals surface area contributed by atoms with Crippen molar-refractivity contribution < 1.29 is 9.59 Å². The Morgan fingerprint density at radius 3 is 2.38 bits per heavy atom. The number of hydrogen-bond donors (Lipinski definition) is 4. The topological polar surface area (TPSA) is 110 Å². The van der Waals surface area contributed by atoms with Gasteiger partial charge in [-0.3, -0.25) is 9.59 Å². The molecule has 1 aliphatic heterocycles. The van der Waals surface area contributed by atoms with Gasteiger partial charge in [0.2, 0.25) is 12.3 Å². The summed E-state index contributed by atoms with van der Waals surface area (Å²) < 4.78 is 0. The molecule has 0 aromatic heterocycles. The van der Waals surface area contributed by atoms with Crippen molar-refractivity contribution in [2.45, 2.75) is 71.4 Å². The van der Waals surface area contributed by atoms with E-state index in [1.165, 1.54) is 28.7 Å². The number of allylic oxidation sites excluding steroid dienone is 6. The summed E-state index contributed by atoms with van der Waals surface area (Å²) in [6.07, 6.45) is 16.1. The van der Waals surface area contributed by atoms with E-state index >= 15 is 0 Å². The van der Waals surface area contributed by atoms with Crippen molar-refractivity contribution in [1.29, 1.82) is 0 Å². The fourth-order valence-electron chi connectivity index (χ4n) is 4.03. The third-order valence-corrected chi connectivity index (χ3v) is 6.35. The summed E-state index contributed by atoms with van der Waals surface area (Å²) in [5, 5.41) is 5.85. The highest BCUT2D eigenvalue weighted by molar-refractivity contribution is 5.79. The molecular weight excluding hydrogens is 484 g/mol. The molecule has 0 saturated heterocycles. The number of nitrogens with one attached hydrogen (secondary N) is 2. The molecule has 39 heavy (non-hydrogen) atoms. The molecule has 2 unspecified atom stereocenters. The molecule has 0 bridgehead atoms. The smallest absolute Gasteiger partial charge is 0.234 e. The molecule has 4 rings (SSSR count). The van der Waals surface area contributed by atoms with Crippen molar-refractivity contribution in [3.05, 3.63) is 107 Å². The molecule has 0 saturated carbocycles. The number of primary amides is 1. The first kappa shape index (κ1) is 33.5. The van der Waals surface area contributed by atoms with Crippen LogP contribution in [0, 0.1) is 0 Å². The second-order valence-corrected chi connectivity index (χ2v) is 9.14. The standard InChI is InChI=1S/C15H16.C9H11N.C7H15N3O2.C2H6/c1-13(15-11-7-4-8-12-15)14-9-5-2-3-6-10-14;1-2-4-9-7-10-6-5-8(9)3-1;8-6(7(9)12)3-1-2-4-10-5-11;1-2/h2,4-13H,3H2,1H3;1-4,10H,5-7H2;5-6H,1-4,8H2,(H2,9,12)(H,10,11);1-2H3. The predicted molar refractivity (Wildman–Crippen MR) is 164 cm³/mol. The Hall–Kier alpha value is -3.48. The van der Waals surface area contributed by atoms with E-state index in [1.54, 1.807) is 0 Å². The largest absolute Gasteiger partial charge is 0.368 e. The van der Waals surface area contributed by atoms with Crippen molar-refractivity contribution >= 4 is 12.3 Å². The fraction of sp³-hybridized carbons (Fsp3) is 0.394. The van der Waals surface area contributed by atoms with Crippen LogP contribution in [0.25, 0.3) is 0 Å². The molecule has 6 nitrogen and oxygen atoms in total. The van der Waals surface area contributed by atoms with Crippen molar-refractivity contribution in [2.24, 2.45) is 11.5 Å². The number of hydrogen-bond acceptors (Lipinski definition) is 4. The molecule has 2 aromatic carbocycles. The minimum Gasteiger partial charge on any atom is -0.368 e. The highest BCUT2D eigenvalue weighted by Crippen LogP contribution is 2.25. The van der Waals surface area contributed by atoms with Crippen LogP contribution >= 0.6 is 0 Å². The normalized spacial score (nSPS) is 14.6. The van der Waals surface area contributed by atoms with E-state index in [4.69, 9.17) is 11.5 Å². The first-order valence-electron chi connectivity index (χ1n) is 14.1. The number of nitrogens with two attached hydrogens (primary N) is 2. The van der Waals surface area contributed by atoms with Crippen molar-refractivity contribution in [2.75, 3.05) is 13.1 Å². The van der Waals surface area contributed by atoms with Crippen LogP contribution in [-0.4, -0.2) is 31.4 Å². The van der Waals surface area contributed by atoms with Crippen LogP contribution < -0.4 is 22.1 Å². The van der Waals surface area contributed by atoms with Gasteiger partial charge in [0, 0.05) is 19.0 Å². The zero-order valence-corrected chi connectivity index (χ0v) is 23.9. The molecule has 6 heteroatoms. The summed E-state index contributed by atoms with van der Waals surface area (Å²) >= 11 is 0. The number of amides is 2. The number of carbonyl (C=O) groups is 2. The van der Waals surface area contributed by atoms with Gasteiger partial charge in [0.05, 0.1) is 6.04 Å². The number of fused-ring (bicyclic) bond motifs is 1. The lowest BCUT2D eigenvalue weighted by atomic mass is 9.92. The number of carbonyl (C=O) groups excluding carboxylic acids is 2. The van der Waals surface area contributed by atoms with Gasteiger partial charge in [-0.05, 0) is 60.9 Å². The maximum Gasteiger partial charge on any atom is 0.234 e. The average Bonchev–Trinajstić information content (AvgIpc) is 3.28. The minimum atomic E-state index is -0.554. The van der Waals surface area contributed by atoms with E-state index in [2.05, 4.69) is 103 Å².